The zero-order valence-corrected chi connectivity index (χ0v) is 13.0. The van der Waals surface area contributed by atoms with Crippen molar-refractivity contribution in [1.29, 1.82) is 0 Å². The van der Waals surface area contributed by atoms with Gasteiger partial charge in [0.25, 0.3) is 0 Å². The van der Waals surface area contributed by atoms with Crippen LogP contribution >= 0.6 is 0 Å². The van der Waals surface area contributed by atoms with Gasteiger partial charge in [0.15, 0.2) is 5.72 Å². The molecule has 0 saturated carbocycles. The first-order valence-corrected chi connectivity index (χ1v) is 8.31. The Morgan fingerprint density at radius 2 is 1.74 bits per heavy atom. The molecule has 3 aliphatic rings. The highest BCUT2D eigenvalue weighted by Gasteiger charge is 2.56. The molecule has 2 aromatic rings. The third-order valence-electron chi connectivity index (χ3n) is 5.50. The SMILES string of the molecule is OC1C2CCN(CC2)C1(O)C(c1ccccc1)c1cccnc1. The van der Waals surface area contributed by atoms with E-state index in [9.17, 15) is 10.2 Å². The Morgan fingerprint density at radius 1 is 1.04 bits per heavy atom. The molecule has 3 aliphatic heterocycles. The second-order valence-corrected chi connectivity index (χ2v) is 6.68. The van der Waals surface area contributed by atoms with Gasteiger partial charge < -0.3 is 10.2 Å². The molecule has 0 radical (unpaired) electrons. The number of pyridine rings is 1. The van der Waals surface area contributed by atoms with E-state index < -0.39 is 11.8 Å². The number of nitrogens with zero attached hydrogens (tertiary/aromatic N) is 2. The lowest BCUT2D eigenvalue weighted by atomic mass is 9.69. The number of hydrogen-bond acceptors (Lipinski definition) is 4. The number of hydrogen-bond donors (Lipinski definition) is 2. The molecule has 120 valence electrons. The summed E-state index contributed by atoms with van der Waals surface area (Å²) in [6.07, 6.45) is 4.71. The topological polar surface area (TPSA) is 56.6 Å². The summed E-state index contributed by atoms with van der Waals surface area (Å²) in [6.45, 7) is 1.67. The molecule has 0 amide bonds. The number of fused-ring (bicyclic) bond motifs is 3. The van der Waals surface area contributed by atoms with Crippen LogP contribution in [0.25, 0.3) is 0 Å². The Balaban J connectivity index is 1.85. The molecule has 2 N–H and O–H groups in total. The van der Waals surface area contributed by atoms with E-state index in [0.717, 1.165) is 37.1 Å². The van der Waals surface area contributed by atoms with Gasteiger partial charge in [-0.2, -0.15) is 0 Å². The minimum Gasteiger partial charge on any atom is -0.388 e. The molecule has 3 atom stereocenters. The standard InChI is InChI=1S/C19H22N2O2/c22-18-15-8-11-21(12-9-15)19(18,23)17(14-5-2-1-3-6-14)16-7-4-10-20-13-16/h1-7,10,13,15,17-18,22-23H,8-9,11-12H2. The van der Waals surface area contributed by atoms with Crippen LogP contribution in [0.3, 0.4) is 0 Å². The van der Waals surface area contributed by atoms with Crippen molar-refractivity contribution in [2.24, 2.45) is 5.92 Å². The molecule has 1 aromatic heterocycles. The van der Waals surface area contributed by atoms with Crippen LogP contribution in [0.4, 0.5) is 0 Å². The smallest absolute Gasteiger partial charge is 0.155 e. The maximum absolute atomic E-state index is 11.6. The van der Waals surface area contributed by atoms with Gasteiger partial charge in [-0.3, -0.25) is 9.88 Å². The fourth-order valence-electron chi connectivity index (χ4n) is 4.34. The van der Waals surface area contributed by atoms with Crippen LogP contribution in [0.5, 0.6) is 0 Å². The lowest BCUT2D eigenvalue weighted by Crippen LogP contribution is -2.69. The molecule has 1 aromatic carbocycles. The Labute approximate surface area is 136 Å². The molecule has 4 heterocycles. The minimum atomic E-state index is -1.27. The van der Waals surface area contributed by atoms with E-state index >= 15 is 0 Å². The second kappa shape index (κ2) is 5.71. The Kier molecular flexibility index (Phi) is 3.68. The molecule has 3 fully saturated rings. The van der Waals surface area contributed by atoms with Crippen molar-refractivity contribution in [1.82, 2.24) is 9.88 Å². The van der Waals surface area contributed by atoms with Crippen LogP contribution in [0.1, 0.15) is 29.9 Å². The Bertz CT molecular complexity index is 612. The number of aliphatic hydroxyl groups excluding tert-OH is 1. The molecule has 0 spiro atoms. The zero-order chi connectivity index (χ0) is 15.9. The molecule has 3 unspecified atom stereocenters. The fourth-order valence-corrected chi connectivity index (χ4v) is 4.34. The third kappa shape index (κ3) is 2.29. The van der Waals surface area contributed by atoms with Gasteiger partial charge in [0.05, 0.1) is 5.92 Å². The maximum Gasteiger partial charge on any atom is 0.155 e. The highest BCUT2D eigenvalue weighted by Crippen LogP contribution is 2.47. The van der Waals surface area contributed by atoms with E-state index in [1.807, 2.05) is 42.5 Å². The van der Waals surface area contributed by atoms with Crippen molar-refractivity contribution in [3.05, 3.63) is 66.0 Å². The molecule has 4 nitrogen and oxygen atoms in total. The van der Waals surface area contributed by atoms with Crippen LogP contribution in [0.15, 0.2) is 54.9 Å². The Morgan fingerprint density at radius 3 is 2.35 bits per heavy atom. The first kappa shape index (κ1) is 14.8. The summed E-state index contributed by atoms with van der Waals surface area (Å²) in [6, 6.07) is 13.8. The minimum absolute atomic E-state index is 0.174. The highest BCUT2D eigenvalue weighted by atomic mass is 16.4. The number of benzene rings is 1. The average molecular weight is 310 g/mol. The van der Waals surface area contributed by atoms with Gasteiger partial charge >= 0.3 is 0 Å². The van der Waals surface area contributed by atoms with Gasteiger partial charge in [0.1, 0.15) is 6.10 Å². The van der Waals surface area contributed by atoms with Crippen LogP contribution in [-0.2, 0) is 0 Å². The molecular weight excluding hydrogens is 288 g/mol. The van der Waals surface area contributed by atoms with Gasteiger partial charge in [-0.1, -0.05) is 36.4 Å². The van der Waals surface area contributed by atoms with Crippen LogP contribution < -0.4 is 0 Å². The molecule has 4 heteroatoms. The molecule has 23 heavy (non-hydrogen) atoms. The number of rotatable bonds is 3. The van der Waals surface area contributed by atoms with Gasteiger partial charge in [-0.05, 0) is 36.0 Å². The summed E-state index contributed by atoms with van der Waals surface area (Å²) in [5, 5.41) is 22.5. The predicted molar refractivity (Wildman–Crippen MR) is 87.8 cm³/mol. The highest BCUT2D eigenvalue weighted by molar-refractivity contribution is 5.36. The maximum atomic E-state index is 11.6. The summed E-state index contributed by atoms with van der Waals surface area (Å²) in [4.78, 5) is 6.29. The predicted octanol–water partition coefficient (Wildman–Crippen LogP) is 1.99. The van der Waals surface area contributed by atoms with Crippen molar-refractivity contribution >= 4 is 0 Å². The summed E-state index contributed by atoms with van der Waals surface area (Å²) in [7, 11) is 0. The van der Waals surface area contributed by atoms with Gasteiger partial charge in [-0.25, -0.2) is 0 Å². The second-order valence-electron chi connectivity index (χ2n) is 6.68. The van der Waals surface area contributed by atoms with E-state index in [-0.39, 0.29) is 11.8 Å². The molecule has 3 saturated heterocycles. The van der Waals surface area contributed by atoms with E-state index in [1.165, 1.54) is 0 Å². The first-order chi connectivity index (χ1) is 11.2. The lowest BCUT2D eigenvalue weighted by molar-refractivity contribution is -0.250. The lowest BCUT2D eigenvalue weighted by Gasteiger charge is -2.57. The fraction of sp³-hybridized carbons (Fsp3) is 0.421. The van der Waals surface area contributed by atoms with E-state index in [1.54, 1.807) is 12.4 Å². The monoisotopic (exact) mass is 310 g/mol. The first-order valence-electron chi connectivity index (χ1n) is 8.31. The average Bonchev–Trinajstić information content (AvgIpc) is 2.62. The third-order valence-corrected chi connectivity index (χ3v) is 5.50. The van der Waals surface area contributed by atoms with Crippen molar-refractivity contribution in [3.8, 4) is 0 Å². The molecule has 0 aliphatic carbocycles. The van der Waals surface area contributed by atoms with Crippen molar-refractivity contribution in [3.63, 3.8) is 0 Å². The van der Waals surface area contributed by atoms with Crippen LogP contribution in [0, 0.1) is 5.92 Å². The van der Waals surface area contributed by atoms with E-state index in [2.05, 4.69) is 9.88 Å². The number of piperidine rings is 3. The van der Waals surface area contributed by atoms with Crippen molar-refractivity contribution < 1.29 is 10.2 Å². The molecule has 2 bridgehead atoms. The summed E-state index contributed by atoms with van der Waals surface area (Å²) >= 11 is 0. The summed E-state index contributed by atoms with van der Waals surface area (Å²) in [5.74, 6) is -0.136. The molecule has 5 rings (SSSR count). The Hall–Kier alpha value is -1.75. The van der Waals surface area contributed by atoms with E-state index in [4.69, 9.17) is 0 Å². The van der Waals surface area contributed by atoms with Crippen molar-refractivity contribution in [2.45, 2.75) is 30.6 Å². The quantitative estimate of drug-likeness (QED) is 0.910. The molecular formula is C19H22N2O2. The number of aromatic nitrogens is 1. The van der Waals surface area contributed by atoms with E-state index in [0.29, 0.717) is 0 Å². The van der Waals surface area contributed by atoms with Gasteiger partial charge in [0, 0.05) is 25.5 Å². The number of aliphatic hydroxyl groups is 2. The summed E-state index contributed by atoms with van der Waals surface area (Å²) in [5.41, 5.74) is 0.674. The van der Waals surface area contributed by atoms with Crippen LogP contribution in [-0.4, -0.2) is 45.0 Å². The van der Waals surface area contributed by atoms with Crippen LogP contribution in [0.2, 0.25) is 0 Å². The van der Waals surface area contributed by atoms with Gasteiger partial charge in [-0.15, -0.1) is 0 Å². The van der Waals surface area contributed by atoms with Gasteiger partial charge in [0.2, 0.25) is 0 Å². The zero-order valence-electron chi connectivity index (χ0n) is 13.0. The van der Waals surface area contributed by atoms with Crippen molar-refractivity contribution in [2.75, 3.05) is 13.1 Å². The normalized spacial score (nSPS) is 34.3. The summed E-state index contributed by atoms with van der Waals surface area (Å²) < 4.78 is 0. The largest absolute Gasteiger partial charge is 0.388 e.